The lowest BCUT2D eigenvalue weighted by atomic mass is 9.87. The second-order valence-corrected chi connectivity index (χ2v) is 7.08. The molecule has 0 radical (unpaired) electrons. The van der Waals surface area contributed by atoms with Gasteiger partial charge in [-0.2, -0.15) is 0 Å². The molecule has 2 aromatic carbocycles. The van der Waals surface area contributed by atoms with E-state index in [9.17, 15) is 0 Å². The van der Waals surface area contributed by atoms with E-state index in [1.807, 2.05) is 24.3 Å². The molecule has 21 heavy (non-hydrogen) atoms. The van der Waals surface area contributed by atoms with Crippen molar-refractivity contribution in [3.63, 3.8) is 0 Å². The molecule has 0 aliphatic rings. The molecule has 0 amide bonds. The number of rotatable bonds is 4. The summed E-state index contributed by atoms with van der Waals surface area (Å²) in [5.41, 5.74) is 8.24. The standard InChI is InChI=1S/C18H22BrNO/c1-18(2,3)14-4-7-16(8-5-14)21-17-9-6-15(19)12-13(17)10-11-20/h4-9,12H,10-11,20H2,1-3H3. The van der Waals surface area contributed by atoms with Crippen molar-refractivity contribution in [2.75, 3.05) is 6.54 Å². The molecule has 0 atom stereocenters. The average molecular weight is 348 g/mol. The normalized spacial score (nSPS) is 11.5. The van der Waals surface area contributed by atoms with Gasteiger partial charge in [0.15, 0.2) is 0 Å². The van der Waals surface area contributed by atoms with Crippen molar-refractivity contribution >= 4 is 15.9 Å². The first-order chi connectivity index (χ1) is 9.90. The van der Waals surface area contributed by atoms with Crippen LogP contribution in [0.15, 0.2) is 46.9 Å². The van der Waals surface area contributed by atoms with Crippen molar-refractivity contribution in [3.8, 4) is 11.5 Å². The molecule has 0 bridgehead atoms. The summed E-state index contributed by atoms with van der Waals surface area (Å²) < 4.78 is 7.05. The Balaban J connectivity index is 2.22. The molecule has 2 nitrogen and oxygen atoms in total. The van der Waals surface area contributed by atoms with Crippen molar-refractivity contribution in [2.45, 2.75) is 32.6 Å². The first-order valence-corrected chi connectivity index (χ1v) is 7.96. The maximum atomic E-state index is 6.01. The highest BCUT2D eigenvalue weighted by Gasteiger charge is 2.13. The van der Waals surface area contributed by atoms with Crippen LogP contribution in [0, 0.1) is 0 Å². The molecule has 0 aliphatic heterocycles. The lowest BCUT2D eigenvalue weighted by molar-refractivity contribution is 0.475. The summed E-state index contributed by atoms with van der Waals surface area (Å²) in [6.45, 7) is 7.22. The predicted octanol–water partition coefficient (Wildman–Crippen LogP) is 5.04. The summed E-state index contributed by atoms with van der Waals surface area (Å²) in [6, 6.07) is 14.3. The van der Waals surface area contributed by atoms with E-state index in [2.05, 4.69) is 54.9 Å². The van der Waals surface area contributed by atoms with Gasteiger partial charge in [-0.05, 0) is 59.8 Å². The van der Waals surface area contributed by atoms with Gasteiger partial charge < -0.3 is 10.5 Å². The Hall–Kier alpha value is -1.32. The predicted molar refractivity (Wildman–Crippen MR) is 92.1 cm³/mol. The van der Waals surface area contributed by atoms with E-state index in [4.69, 9.17) is 10.5 Å². The van der Waals surface area contributed by atoms with Gasteiger partial charge in [-0.3, -0.25) is 0 Å². The van der Waals surface area contributed by atoms with Gasteiger partial charge in [0.1, 0.15) is 11.5 Å². The second-order valence-electron chi connectivity index (χ2n) is 6.17. The quantitative estimate of drug-likeness (QED) is 0.840. The molecule has 0 aromatic heterocycles. The van der Waals surface area contributed by atoms with Crippen molar-refractivity contribution in [2.24, 2.45) is 5.73 Å². The van der Waals surface area contributed by atoms with Crippen molar-refractivity contribution in [3.05, 3.63) is 58.1 Å². The third kappa shape index (κ3) is 4.32. The van der Waals surface area contributed by atoms with Gasteiger partial charge in [0.25, 0.3) is 0 Å². The number of halogens is 1. The van der Waals surface area contributed by atoms with Gasteiger partial charge in [0.2, 0.25) is 0 Å². The minimum absolute atomic E-state index is 0.154. The first kappa shape index (κ1) is 16.1. The molecule has 0 saturated heterocycles. The monoisotopic (exact) mass is 347 g/mol. The van der Waals surface area contributed by atoms with E-state index >= 15 is 0 Å². The molecule has 3 heteroatoms. The van der Waals surface area contributed by atoms with E-state index in [1.165, 1.54) is 5.56 Å². The molecular weight excluding hydrogens is 326 g/mol. The Labute approximate surface area is 135 Å². The molecule has 0 unspecified atom stereocenters. The van der Waals surface area contributed by atoms with E-state index < -0.39 is 0 Å². The minimum Gasteiger partial charge on any atom is -0.457 e. The van der Waals surface area contributed by atoms with Crippen molar-refractivity contribution in [1.29, 1.82) is 0 Å². The fourth-order valence-corrected chi connectivity index (χ4v) is 2.56. The van der Waals surface area contributed by atoms with E-state index in [0.29, 0.717) is 6.54 Å². The van der Waals surface area contributed by atoms with Crippen LogP contribution in [-0.2, 0) is 11.8 Å². The molecule has 2 N–H and O–H groups in total. The van der Waals surface area contributed by atoms with E-state index in [0.717, 1.165) is 28.0 Å². The number of benzene rings is 2. The van der Waals surface area contributed by atoms with Gasteiger partial charge in [0, 0.05) is 4.47 Å². The highest BCUT2D eigenvalue weighted by Crippen LogP contribution is 2.30. The van der Waals surface area contributed by atoms with Gasteiger partial charge in [-0.15, -0.1) is 0 Å². The summed E-state index contributed by atoms with van der Waals surface area (Å²) >= 11 is 3.49. The average Bonchev–Trinajstić information content (AvgIpc) is 2.42. The van der Waals surface area contributed by atoms with Crippen LogP contribution in [0.1, 0.15) is 31.9 Å². The molecular formula is C18H22BrNO. The van der Waals surface area contributed by atoms with Crippen LogP contribution in [0.3, 0.4) is 0 Å². The second kappa shape index (κ2) is 6.63. The SMILES string of the molecule is CC(C)(C)c1ccc(Oc2ccc(Br)cc2CCN)cc1. The van der Waals surface area contributed by atoms with Crippen LogP contribution in [0.25, 0.3) is 0 Å². The zero-order valence-corrected chi connectivity index (χ0v) is 14.4. The minimum atomic E-state index is 0.154. The fraction of sp³-hybridized carbons (Fsp3) is 0.333. The third-order valence-corrected chi connectivity index (χ3v) is 3.88. The van der Waals surface area contributed by atoms with Crippen LogP contribution in [0.2, 0.25) is 0 Å². The summed E-state index contributed by atoms with van der Waals surface area (Å²) in [5.74, 6) is 1.72. The van der Waals surface area contributed by atoms with Gasteiger partial charge in [-0.25, -0.2) is 0 Å². The Bertz CT molecular complexity index is 600. The maximum absolute atomic E-state index is 6.01. The summed E-state index contributed by atoms with van der Waals surface area (Å²) in [6.07, 6.45) is 0.800. The Morgan fingerprint density at radius 2 is 1.71 bits per heavy atom. The van der Waals surface area contributed by atoms with Crippen LogP contribution in [0.5, 0.6) is 11.5 Å². The smallest absolute Gasteiger partial charge is 0.130 e. The molecule has 112 valence electrons. The zero-order chi connectivity index (χ0) is 15.5. The first-order valence-electron chi connectivity index (χ1n) is 7.17. The number of nitrogens with two attached hydrogens (primary N) is 1. The van der Waals surface area contributed by atoms with Crippen LogP contribution < -0.4 is 10.5 Å². The molecule has 2 rings (SSSR count). The van der Waals surface area contributed by atoms with Crippen molar-refractivity contribution < 1.29 is 4.74 Å². The van der Waals surface area contributed by atoms with Crippen molar-refractivity contribution in [1.82, 2.24) is 0 Å². The van der Waals surface area contributed by atoms with Crippen LogP contribution in [-0.4, -0.2) is 6.54 Å². The number of hydrogen-bond donors (Lipinski definition) is 1. The maximum Gasteiger partial charge on any atom is 0.130 e. The van der Waals surface area contributed by atoms with Gasteiger partial charge in [0.05, 0.1) is 0 Å². The molecule has 0 heterocycles. The Morgan fingerprint density at radius 3 is 2.29 bits per heavy atom. The highest BCUT2D eigenvalue weighted by atomic mass is 79.9. The lowest BCUT2D eigenvalue weighted by Gasteiger charge is -2.19. The Kier molecular flexibility index (Phi) is 5.07. The van der Waals surface area contributed by atoms with Gasteiger partial charge >= 0.3 is 0 Å². The molecule has 0 spiro atoms. The van der Waals surface area contributed by atoms with Gasteiger partial charge in [-0.1, -0.05) is 48.8 Å². The topological polar surface area (TPSA) is 35.2 Å². The van der Waals surface area contributed by atoms with E-state index in [-0.39, 0.29) is 5.41 Å². The van der Waals surface area contributed by atoms with E-state index in [1.54, 1.807) is 0 Å². The van der Waals surface area contributed by atoms with Crippen LogP contribution in [0.4, 0.5) is 0 Å². The summed E-state index contributed by atoms with van der Waals surface area (Å²) in [7, 11) is 0. The summed E-state index contributed by atoms with van der Waals surface area (Å²) in [4.78, 5) is 0. The molecule has 2 aromatic rings. The molecule has 0 saturated carbocycles. The molecule has 0 aliphatic carbocycles. The molecule has 0 fully saturated rings. The number of ether oxygens (including phenoxy) is 1. The fourth-order valence-electron chi connectivity index (χ4n) is 2.15. The largest absolute Gasteiger partial charge is 0.457 e. The Morgan fingerprint density at radius 1 is 1.05 bits per heavy atom. The van der Waals surface area contributed by atoms with Crippen LogP contribution >= 0.6 is 15.9 Å². The zero-order valence-electron chi connectivity index (χ0n) is 12.8. The number of hydrogen-bond acceptors (Lipinski definition) is 2. The lowest BCUT2D eigenvalue weighted by Crippen LogP contribution is -2.10. The summed E-state index contributed by atoms with van der Waals surface area (Å²) in [5, 5.41) is 0. The third-order valence-electron chi connectivity index (χ3n) is 3.38. The highest BCUT2D eigenvalue weighted by molar-refractivity contribution is 9.10.